The van der Waals surface area contributed by atoms with Crippen LogP contribution in [0.3, 0.4) is 0 Å². The summed E-state index contributed by atoms with van der Waals surface area (Å²) < 4.78 is 0. The maximum atomic E-state index is 3.83. The highest BCUT2D eigenvalue weighted by Crippen LogP contribution is 2.34. The van der Waals surface area contributed by atoms with Gasteiger partial charge in [-0.15, -0.1) is 0 Å². The third-order valence-electron chi connectivity index (χ3n) is 4.55. The van der Waals surface area contributed by atoms with E-state index < -0.39 is 0 Å². The third kappa shape index (κ3) is 4.08. The van der Waals surface area contributed by atoms with E-state index in [1.807, 2.05) is 0 Å². The maximum absolute atomic E-state index is 3.83. The third-order valence-corrected chi connectivity index (χ3v) is 4.55. The van der Waals surface area contributed by atoms with Gasteiger partial charge in [-0.2, -0.15) is 0 Å². The van der Waals surface area contributed by atoms with Crippen LogP contribution in [0.4, 0.5) is 0 Å². The molecule has 0 radical (unpaired) electrons. The van der Waals surface area contributed by atoms with Crippen molar-refractivity contribution in [2.24, 2.45) is 17.8 Å². The minimum Gasteiger partial charge on any atom is -0.314 e. The lowest BCUT2D eigenvalue weighted by Gasteiger charge is -2.28. The van der Waals surface area contributed by atoms with Gasteiger partial charge in [0, 0.05) is 6.04 Å². The zero-order valence-corrected chi connectivity index (χ0v) is 11.2. The fourth-order valence-corrected chi connectivity index (χ4v) is 3.23. The molecule has 1 nitrogen and oxygen atoms in total. The van der Waals surface area contributed by atoms with E-state index in [0.717, 1.165) is 23.8 Å². The molecule has 0 amide bonds. The van der Waals surface area contributed by atoms with Gasteiger partial charge < -0.3 is 5.32 Å². The number of nitrogens with one attached hydrogen (secondary N) is 1. The molecule has 2 saturated carbocycles. The SMILES string of the molecule is CCC(CC1CC1)NCC1CCCC(C)C1. The van der Waals surface area contributed by atoms with Crippen LogP contribution in [0.1, 0.15) is 65.2 Å². The van der Waals surface area contributed by atoms with E-state index in [-0.39, 0.29) is 0 Å². The van der Waals surface area contributed by atoms with Gasteiger partial charge in [0.2, 0.25) is 0 Å². The number of rotatable bonds is 6. The highest BCUT2D eigenvalue weighted by Gasteiger charge is 2.25. The Balaban J connectivity index is 1.63. The molecule has 0 spiro atoms. The number of hydrogen-bond acceptors (Lipinski definition) is 1. The molecule has 3 atom stereocenters. The van der Waals surface area contributed by atoms with Crippen molar-refractivity contribution in [2.75, 3.05) is 6.54 Å². The molecule has 16 heavy (non-hydrogen) atoms. The normalized spacial score (nSPS) is 32.6. The van der Waals surface area contributed by atoms with Gasteiger partial charge in [0.05, 0.1) is 0 Å². The van der Waals surface area contributed by atoms with E-state index in [0.29, 0.717) is 0 Å². The minimum absolute atomic E-state index is 0.810. The van der Waals surface area contributed by atoms with Gasteiger partial charge >= 0.3 is 0 Å². The lowest BCUT2D eigenvalue weighted by molar-refractivity contribution is 0.262. The van der Waals surface area contributed by atoms with Gasteiger partial charge in [-0.3, -0.25) is 0 Å². The Hall–Kier alpha value is -0.0400. The van der Waals surface area contributed by atoms with Crippen LogP contribution in [0.25, 0.3) is 0 Å². The summed E-state index contributed by atoms with van der Waals surface area (Å²) in [5.74, 6) is 3.02. The highest BCUT2D eigenvalue weighted by molar-refractivity contribution is 4.81. The predicted molar refractivity (Wildman–Crippen MR) is 70.5 cm³/mol. The quantitative estimate of drug-likeness (QED) is 0.718. The lowest BCUT2D eigenvalue weighted by atomic mass is 9.82. The monoisotopic (exact) mass is 223 g/mol. The first-order valence-electron chi connectivity index (χ1n) is 7.51. The van der Waals surface area contributed by atoms with E-state index in [2.05, 4.69) is 19.2 Å². The van der Waals surface area contributed by atoms with Crippen LogP contribution >= 0.6 is 0 Å². The molecule has 1 N–H and O–H groups in total. The predicted octanol–water partition coefficient (Wildman–Crippen LogP) is 3.98. The first-order chi connectivity index (χ1) is 7.78. The molecule has 0 aromatic rings. The van der Waals surface area contributed by atoms with E-state index in [1.54, 1.807) is 0 Å². The summed E-state index contributed by atoms with van der Waals surface area (Å²) in [6.07, 6.45) is 11.6. The number of hydrogen-bond donors (Lipinski definition) is 1. The van der Waals surface area contributed by atoms with Crippen molar-refractivity contribution in [1.82, 2.24) is 5.32 Å². The van der Waals surface area contributed by atoms with Gasteiger partial charge in [0.1, 0.15) is 0 Å². The van der Waals surface area contributed by atoms with Crippen molar-refractivity contribution in [3.05, 3.63) is 0 Å². The zero-order valence-electron chi connectivity index (χ0n) is 11.2. The summed E-state index contributed by atoms with van der Waals surface area (Å²) >= 11 is 0. The fourth-order valence-electron chi connectivity index (χ4n) is 3.23. The average Bonchev–Trinajstić information content (AvgIpc) is 3.08. The van der Waals surface area contributed by atoms with Crippen molar-refractivity contribution in [3.8, 4) is 0 Å². The van der Waals surface area contributed by atoms with Gasteiger partial charge in [0.25, 0.3) is 0 Å². The first-order valence-corrected chi connectivity index (χ1v) is 7.51. The molecule has 0 aromatic carbocycles. The van der Waals surface area contributed by atoms with Crippen LogP contribution in [-0.4, -0.2) is 12.6 Å². The summed E-state index contributed by atoms with van der Waals surface area (Å²) in [6, 6.07) is 0.810. The van der Waals surface area contributed by atoms with Crippen molar-refractivity contribution in [3.63, 3.8) is 0 Å². The standard InChI is InChI=1S/C15H29N/c1-3-15(10-13-7-8-13)16-11-14-6-4-5-12(2)9-14/h12-16H,3-11H2,1-2H3. The summed E-state index contributed by atoms with van der Waals surface area (Å²) in [5, 5.41) is 3.83. The Bertz CT molecular complexity index is 194. The van der Waals surface area contributed by atoms with Crippen molar-refractivity contribution in [2.45, 2.75) is 71.3 Å². The molecule has 2 rings (SSSR count). The van der Waals surface area contributed by atoms with Crippen molar-refractivity contribution >= 4 is 0 Å². The van der Waals surface area contributed by atoms with Crippen LogP contribution in [0, 0.1) is 17.8 Å². The molecule has 0 saturated heterocycles. The van der Waals surface area contributed by atoms with Crippen molar-refractivity contribution < 1.29 is 0 Å². The smallest absolute Gasteiger partial charge is 0.00671 e. The van der Waals surface area contributed by atoms with Crippen LogP contribution in [0.2, 0.25) is 0 Å². The van der Waals surface area contributed by atoms with Crippen LogP contribution in [0.5, 0.6) is 0 Å². The average molecular weight is 223 g/mol. The lowest BCUT2D eigenvalue weighted by Crippen LogP contribution is -2.34. The Kier molecular flexibility index (Phi) is 4.69. The largest absolute Gasteiger partial charge is 0.314 e. The highest BCUT2D eigenvalue weighted by atomic mass is 14.9. The topological polar surface area (TPSA) is 12.0 Å². The van der Waals surface area contributed by atoms with E-state index in [1.165, 1.54) is 57.9 Å². The second-order valence-electron chi connectivity index (χ2n) is 6.33. The van der Waals surface area contributed by atoms with E-state index in [4.69, 9.17) is 0 Å². The summed E-state index contributed by atoms with van der Waals surface area (Å²) in [7, 11) is 0. The molecular formula is C15H29N. The maximum Gasteiger partial charge on any atom is 0.00671 e. The molecule has 3 unspecified atom stereocenters. The van der Waals surface area contributed by atoms with Gasteiger partial charge in [-0.25, -0.2) is 0 Å². The zero-order chi connectivity index (χ0) is 11.4. The van der Waals surface area contributed by atoms with Gasteiger partial charge in [0.15, 0.2) is 0 Å². The van der Waals surface area contributed by atoms with E-state index in [9.17, 15) is 0 Å². The second kappa shape index (κ2) is 6.05. The molecule has 2 fully saturated rings. The van der Waals surface area contributed by atoms with Gasteiger partial charge in [-0.05, 0) is 50.0 Å². The summed E-state index contributed by atoms with van der Waals surface area (Å²) in [5.41, 5.74) is 0. The molecule has 0 aromatic heterocycles. The molecule has 1 heteroatoms. The molecular weight excluding hydrogens is 194 g/mol. The van der Waals surface area contributed by atoms with Crippen LogP contribution < -0.4 is 5.32 Å². The van der Waals surface area contributed by atoms with Gasteiger partial charge in [-0.1, -0.05) is 39.5 Å². The minimum atomic E-state index is 0.810. The molecule has 2 aliphatic rings. The molecule has 2 aliphatic carbocycles. The van der Waals surface area contributed by atoms with Crippen molar-refractivity contribution in [1.29, 1.82) is 0 Å². The molecule has 0 heterocycles. The second-order valence-corrected chi connectivity index (χ2v) is 6.33. The van der Waals surface area contributed by atoms with E-state index >= 15 is 0 Å². The summed E-state index contributed by atoms with van der Waals surface area (Å²) in [6.45, 7) is 6.05. The fraction of sp³-hybridized carbons (Fsp3) is 1.00. The molecule has 0 bridgehead atoms. The Morgan fingerprint density at radius 2 is 1.94 bits per heavy atom. The first kappa shape index (κ1) is 12.4. The Labute approximate surface area is 101 Å². The molecule has 0 aliphatic heterocycles. The Morgan fingerprint density at radius 3 is 2.56 bits per heavy atom. The molecule has 94 valence electrons. The Morgan fingerprint density at radius 1 is 1.12 bits per heavy atom. The van der Waals surface area contributed by atoms with Crippen LogP contribution in [-0.2, 0) is 0 Å². The summed E-state index contributed by atoms with van der Waals surface area (Å²) in [4.78, 5) is 0. The van der Waals surface area contributed by atoms with Crippen LogP contribution in [0.15, 0.2) is 0 Å².